The van der Waals surface area contributed by atoms with Crippen molar-refractivity contribution in [1.82, 2.24) is 4.40 Å². The first-order valence-electron chi connectivity index (χ1n) is 15.6. The molecule has 7 rings (SSSR count). The van der Waals surface area contributed by atoms with Gasteiger partial charge in [0.15, 0.2) is 6.20 Å². The molecule has 0 spiro atoms. The minimum absolute atomic E-state index is 0.0913. The van der Waals surface area contributed by atoms with Crippen molar-refractivity contribution in [3.8, 4) is 0 Å². The van der Waals surface area contributed by atoms with Crippen LogP contribution in [0.15, 0.2) is 60.8 Å². The quantitative estimate of drug-likeness (QED) is 0.0848. The molecule has 3 heterocycles. The van der Waals surface area contributed by atoms with Crippen molar-refractivity contribution in [2.75, 3.05) is 0 Å². The van der Waals surface area contributed by atoms with Crippen LogP contribution in [0.2, 0.25) is 19.6 Å². The smallest absolute Gasteiger partial charge is 0.224 e. The first-order chi connectivity index (χ1) is 19.6. The van der Waals surface area contributed by atoms with E-state index in [0.717, 1.165) is 6.42 Å². The Hall–Kier alpha value is -3.43. The lowest BCUT2D eigenvalue weighted by Crippen LogP contribution is -2.38. The third-order valence-corrected chi connectivity index (χ3v) is 11.5. The van der Waals surface area contributed by atoms with Crippen LogP contribution in [0.1, 0.15) is 58.2 Å². The number of nitrogens with zero attached hydrogens (tertiary/aromatic N) is 2. The van der Waals surface area contributed by atoms with Crippen LogP contribution >= 0.6 is 0 Å². The number of aromatic nitrogens is 2. The van der Waals surface area contributed by atoms with Crippen molar-refractivity contribution < 1.29 is 4.57 Å². The van der Waals surface area contributed by atoms with Gasteiger partial charge in [0.2, 0.25) is 5.52 Å². The Morgan fingerprint density at radius 3 is 2.14 bits per heavy atom. The summed E-state index contributed by atoms with van der Waals surface area (Å²) in [6.45, 7) is 24.0. The van der Waals surface area contributed by atoms with Crippen LogP contribution in [0, 0.1) is 12.3 Å². The van der Waals surface area contributed by atoms with E-state index < -0.39 is 8.07 Å². The summed E-state index contributed by atoms with van der Waals surface area (Å²) in [6, 6.07) is 21.4. The highest BCUT2D eigenvalue weighted by Gasteiger charge is 2.32. The predicted molar refractivity (Wildman–Crippen MR) is 187 cm³/mol. The minimum Gasteiger partial charge on any atom is -0.307 e. The van der Waals surface area contributed by atoms with E-state index in [9.17, 15) is 0 Å². The molecule has 0 fully saturated rings. The van der Waals surface area contributed by atoms with Gasteiger partial charge in [-0.1, -0.05) is 104 Å². The van der Waals surface area contributed by atoms with Crippen LogP contribution in [0.3, 0.4) is 0 Å². The standard InChI is InChI=1S/C39H45N2Si/c1-23-28-21-25(39(5,6)7)16-17-26(28)29(22-38(2,3)4)35-32(23)36-33-24(18-19-40(36)8)20-31(42(9,10)11)34-27-14-12-13-15-30(27)41(35)37(33)34/h12-21H,22H2,1-11H3/q+1. The molecule has 0 unspecified atom stereocenters. The Morgan fingerprint density at radius 1 is 0.762 bits per heavy atom. The van der Waals surface area contributed by atoms with Crippen LogP contribution in [0.25, 0.3) is 59.8 Å². The molecule has 0 N–H and O–H groups in total. The van der Waals surface area contributed by atoms with Gasteiger partial charge in [-0.2, -0.15) is 0 Å². The third-order valence-electron chi connectivity index (χ3n) is 9.52. The fraction of sp³-hybridized carbons (Fsp3) is 0.359. The summed E-state index contributed by atoms with van der Waals surface area (Å²) < 4.78 is 5.08. The molecular weight excluding hydrogens is 525 g/mol. The fourth-order valence-electron chi connectivity index (χ4n) is 7.55. The molecule has 214 valence electrons. The van der Waals surface area contributed by atoms with Crippen molar-refractivity contribution in [2.24, 2.45) is 12.5 Å². The number of hydrogen-bond donors (Lipinski definition) is 0. The largest absolute Gasteiger partial charge is 0.307 e. The lowest BCUT2D eigenvalue weighted by atomic mass is 9.80. The SMILES string of the molecule is Cc1c2cc(C(C)(C)C)ccc2c(CC(C)(C)C)c2c1c1c3c(cc[n+]1C)cc([Si](C)(C)C)c1c4ccccc4n2c13. The number of benzene rings is 4. The van der Waals surface area contributed by atoms with E-state index in [2.05, 4.69) is 145 Å². The van der Waals surface area contributed by atoms with Crippen molar-refractivity contribution >= 4 is 73.0 Å². The molecule has 0 radical (unpaired) electrons. The topological polar surface area (TPSA) is 8.29 Å². The van der Waals surface area contributed by atoms with Crippen LogP contribution in [0.4, 0.5) is 0 Å². The maximum absolute atomic E-state index is 2.68. The summed E-state index contributed by atoms with van der Waals surface area (Å²) in [5.74, 6) is 0. The molecular formula is C39H45N2Si+. The first kappa shape index (κ1) is 27.4. The second-order valence-electron chi connectivity index (χ2n) is 16.1. The summed E-state index contributed by atoms with van der Waals surface area (Å²) in [7, 11) is 0.576. The van der Waals surface area contributed by atoms with Gasteiger partial charge >= 0.3 is 0 Å². The number of hydrogen-bond acceptors (Lipinski definition) is 0. The first-order valence-corrected chi connectivity index (χ1v) is 19.1. The van der Waals surface area contributed by atoms with E-state index in [0.29, 0.717) is 0 Å². The Balaban J connectivity index is 1.90. The molecule has 3 aromatic heterocycles. The molecule has 0 aliphatic rings. The zero-order valence-corrected chi connectivity index (χ0v) is 28.4. The van der Waals surface area contributed by atoms with Gasteiger partial charge < -0.3 is 4.40 Å². The molecule has 0 bridgehead atoms. The van der Waals surface area contributed by atoms with Gasteiger partial charge in [-0.15, -0.1) is 0 Å². The van der Waals surface area contributed by atoms with Gasteiger partial charge in [0.05, 0.1) is 35.4 Å². The molecule has 0 saturated heterocycles. The van der Waals surface area contributed by atoms with E-state index in [-0.39, 0.29) is 10.8 Å². The Kier molecular flexibility index (Phi) is 5.59. The van der Waals surface area contributed by atoms with Crippen molar-refractivity contribution in [2.45, 2.75) is 79.9 Å². The zero-order valence-electron chi connectivity index (χ0n) is 27.4. The maximum Gasteiger partial charge on any atom is 0.224 e. The number of pyridine rings is 2. The van der Waals surface area contributed by atoms with Gasteiger partial charge in [-0.25, -0.2) is 4.57 Å². The molecule has 0 amide bonds. The van der Waals surface area contributed by atoms with Crippen molar-refractivity contribution in [3.05, 3.63) is 77.5 Å². The van der Waals surface area contributed by atoms with E-state index in [1.54, 1.807) is 5.19 Å². The van der Waals surface area contributed by atoms with Crippen molar-refractivity contribution in [3.63, 3.8) is 0 Å². The average Bonchev–Trinajstić information content (AvgIpc) is 3.24. The molecule has 42 heavy (non-hydrogen) atoms. The molecule has 3 heteroatoms. The zero-order chi connectivity index (χ0) is 30.1. The van der Waals surface area contributed by atoms with E-state index >= 15 is 0 Å². The van der Waals surface area contributed by atoms with Gasteiger partial charge in [-0.3, -0.25) is 0 Å². The normalized spacial score (nSPS) is 13.7. The Morgan fingerprint density at radius 2 is 1.48 bits per heavy atom. The molecule has 0 atom stereocenters. The lowest BCUT2D eigenvalue weighted by molar-refractivity contribution is -0.643. The molecule has 0 saturated carbocycles. The second kappa shape index (κ2) is 8.57. The maximum atomic E-state index is 2.68. The number of rotatable bonds is 2. The van der Waals surface area contributed by atoms with Gasteiger partial charge in [0, 0.05) is 16.8 Å². The van der Waals surface area contributed by atoms with Gasteiger partial charge in [0.25, 0.3) is 0 Å². The summed E-state index contributed by atoms with van der Waals surface area (Å²) in [6.07, 6.45) is 3.30. The van der Waals surface area contributed by atoms with E-state index in [4.69, 9.17) is 0 Å². The molecule has 2 nitrogen and oxygen atoms in total. The Labute approximate surface area is 251 Å². The predicted octanol–water partition coefficient (Wildman–Crippen LogP) is 9.71. The van der Waals surface area contributed by atoms with Crippen molar-refractivity contribution in [1.29, 1.82) is 0 Å². The van der Waals surface area contributed by atoms with Crippen LogP contribution in [-0.2, 0) is 18.9 Å². The summed E-state index contributed by atoms with van der Waals surface area (Å²) >= 11 is 0. The average molecular weight is 570 g/mol. The van der Waals surface area contributed by atoms with Crippen LogP contribution in [0.5, 0.6) is 0 Å². The monoisotopic (exact) mass is 569 g/mol. The minimum atomic E-state index is -1.67. The Bertz CT molecular complexity index is 2230. The summed E-state index contributed by atoms with van der Waals surface area (Å²) in [5, 5.41) is 11.4. The molecule has 0 aliphatic carbocycles. The van der Waals surface area contributed by atoms with Crippen LogP contribution < -0.4 is 9.75 Å². The molecule has 7 aromatic rings. The summed E-state index contributed by atoms with van der Waals surface area (Å²) in [4.78, 5) is 0. The second-order valence-corrected chi connectivity index (χ2v) is 21.1. The van der Waals surface area contributed by atoms with Gasteiger partial charge in [0.1, 0.15) is 7.05 Å². The van der Waals surface area contributed by atoms with Gasteiger partial charge in [-0.05, 0) is 68.3 Å². The highest BCUT2D eigenvalue weighted by atomic mass is 28.3. The lowest BCUT2D eigenvalue weighted by Gasteiger charge is -2.26. The fourth-order valence-corrected chi connectivity index (χ4v) is 9.15. The van der Waals surface area contributed by atoms with Crippen LogP contribution in [-0.4, -0.2) is 12.5 Å². The van der Waals surface area contributed by atoms with E-state index in [1.165, 1.54) is 76.5 Å². The highest BCUT2D eigenvalue weighted by Crippen LogP contribution is 2.45. The number of aryl methyl sites for hydroxylation is 2. The molecule has 0 aliphatic heterocycles. The summed E-state index contributed by atoms with van der Waals surface area (Å²) in [5.41, 5.74) is 9.98. The molecule has 4 aromatic carbocycles. The van der Waals surface area contributed by atoms with E-state index in [1.807, 2.05) is 0 Å². The third kappa shape index (κ3) is 3.78. The number of para-hydroxylation sites is 1. The highest BCUT2D eigenvalue weighted by molar-refractivity contribution is 6.91. The number of fused-ring (bicyclic) bond motifs is 7.